The molecule has 0 saturated carbocycles. The summed E-state index contributed by atoms with van der Waals surface area (Å²) in [6, 6.07) is 13.7. The van der Waals surface area contributed by atoms with Crippen LogP contribution in [0, 0.1) is 0 Å². The lowest BCUT2D eigenvalue weighted by atomic mass is 9.86. The second-order valence-corrected chi connectivity index (χ2v) is 10.5. The van der Waals surface area contributed by atoms with Crippen LogP contribution in [0.4, 0.5) is 0 Å². The second-order valence-electron chi connectivity index (χ2n) is 9.49. The Hall–Kier alpha value is -2.80. The highest BCUT2D eigenvalue weighted by Gasteiger charge is 2.36. The highest BCUT2D eigenvalue weighted by atomic mass is 32.2. The standard InChI is InChI=1S/C26H33N3O3S/c1-26(2,3)20-11-9-17(10-12-20)24(31)28-21(13-14-33-4)25(32)29-16-19-8-6-5-7-18(19)15-22(29)23(27)30/h5-12,21-22H,13-16H2,1-4H3,(H2,27,30)(H,28,31)/t21-,22-/m1/s1. The Balaban J connectivity index is 1.82. The number of hydrogen-bond donors (Lipinski definition) is 2. The topological polar surface area (TPSA) is 92.5 Å². The van der Waals surface area contributed by atoms with Gasteiger partial charge in [-0.3, -0.25) is 14.4 Å². The van der Waals surface area contributed by atoms with Crippen LogP contribution in [0.3, 0.4) is 0 Å². The van der Waals surface area contributed by atoms with E-state index in [1.165, 1.54) is 4.90 Å². The smallest absolute Gasteiger partial charge is 0.251 e. The number of amides is 3. The summed E-state index contributed by atoms with van der Waals surface area (Å²) in [5, 5.41) is 2.91. The Morgan fingerprint density at radius 1 is 1.09 bits per heavy atom. The van der Waals surface area contributed by atoms with Crippen molar-refractivity contribution in [1.82, 2.24) is 10.2 Å². The van der Waals surface area contributed by atoms with E-state index in [-0.39, 0.29) is 17.2 Å². The van der Waals surface area contributed by atoms with E-state index >= 15 is 0 Å². The summed E-state index contributed by atoms with van der Waals surface area (Å²) in [5.74, 6) is -0.416. The quantitative estimate of drug-likeness (QED) is 0.654. The molecule has 0 radical (unpaired) electrons. The molecule has 3 N–H and O–H groups in total. The third-order valence-electron chi connectivity index (χ3n) is 6.09. The molecule has 2 aromatic carbocycles. The summed E-state index contributed by atoms with van der Waals surface area (Å²) in [4.78, 5) is 40.3. The van der Waals surface area contributed by atoms with Crippen LogP contribution in [0.25, 0.3) is 0 Å². The van der Waals surface area contributed by atoms with Crippen LogP contribution in [0.1, 0.15) is 54.2 Å². The maximum atomic E-state index is 13.6. The number of carbonyl (C=O) groups excluding carboxylic acids is 3. The lowest BCUT2D eigenvalue weighted by molar-refractivity contribution is -0.142. The Morgan fingerprint density at radius 2 is 1.73 bits per heavy atom. The summed E-state index contributed by atoms with van der Waals surface area (Å²) in [6.07, 6.45) is 2.81. The van der Waals surface area contributed by atoms with Crippen molar-refractivity contribution in [1.29, 1.82) is 0 Å². The predicted octanol–water partition coefficient (Wildman–Crippen LogP) is 3.27. The SMILES string of the molecule is CSCC[C@@H](NC(=O)c1ccc(C(C)(C)C)cc1)C(=O)N1Cc2ccccc2C[C@@H]1C(N)=O. The Kier molecular flexibility index (Phi) is 7.84. The van der Waals surface area contributed by atoms with Gasteiger partial charge in [0.1, 0.15) is 12.1 Å². The molecule has 0 saturated heterocycles. The van der Waals surface area contributed by atoms with Crippen LogP contribution in [-0.4, -0.2) is 46.7 Å². The van der Waals surface area contributed by atoms with Crippen LogP contribution in [0.2, 0.25) is 0 Å². The van der Waals surface area contributed by atoms with E-state index in [0.717, 1.165) is 16.7 Å². The number of benzene rings is 2. The Morgan fingerprint density at radius 3 is 2.30 bits per heavy atom. The minimum Gasteiger partial charge on any atom is -0.368 e. The number of primary amides is 1. The maximum absolute atomic E-state index is 13.6. The number of carbonyl (C=O) groups is 3. The van der Waals surface area contributed by atoms with E-state index in [4.69, 9.17) is 5.73 Å². The molecular weight excluding hydrogens is 434 g/mol. The van der Waals surface area contributed by atoms with Gasteiger partial charge in [-0.25, -0.2) is 0 Å². The molecule has 0 spiro atoms. The first-order chi connectivity index (χ1) is 15.6. The fourth-order valence-electron chi connectivity index (χ4n) is 4.07. The van der Waals surface area contributed by atoms with Crippen LogP contribution < -0.4 is 11.1 Å². The molecule has 0 aliphatic carbocycles. The van der Waals surface area contributed by atoms with Crippen molar-refractivity contribution < 1.29 is 14.4 Å². The third kappa shape index (κ3) is 5.96. The lowest BCUT2D eigenvalue weighted by Gasteiger charge is -2.37. The molecule has 0 bridgehead atoms. The van der Waals surface area contributed by atoms with E-state index in [1.54, 1.807) is 23.9 Å². The number of hydrogen-bond acceptors (Lipinski definition) is 4. The van der Waals surface area contributed by atoms with E-state index in [0.29, 0.717) is 30.7 Å². The summed E-state index contributed by atoms with van der Waals surface area (Å²) >= 11 is 1.60. The van der Waals surface area contributed by atoms with Crippen molar-refractivity contribution >= 4 is 29.5 Å². The lowest BCUT2D eigenvalue weighted by Crippen LogP contribution is -2.57. The van der Waals surface area contributed by atoms with Gasteiger partial charge in [0.15, 0.2) is 0 Å². The summed E-state index contributed by atoms with van der Waals surface area (Å²) in [6.45, 7) is 6.65. The van der Waals surface area contributed by atoms with Gasteiger partial charge in [0.25, 0.3) is 5.91 Å². The zero-order valence-corrected chi connectivity index (χ0v) is 20.6. The highest BCUT2D eigenvalue weighted by molar-refractivity contribution is 7.98. The molecule has 0 unspecified atom stereocenters. The number of nitrogens with zero attached hydrogens (tertiary/aromatic N) is 1. The number of rotatable bonds is 7. The van der Waals surface area contributed by atoms with Crippen molar-refractivity contribution in [3.8, 4) is 0 Å². The average molecular weight is 468 g/mol. The molecule has 2 atom stereocenters. The van der Waals surface area contributed by atoms with Crippen molar-refractivity contribution in [3.05, 3.63) is 70.8 Å². The normalized spacial score (nSPS) is 16.6. The molecular formula is C26H33N3O3S. The van der Waals surface area contributed by atoms with Gasteiger partial charge in [0.2, 0.25) is 11.8 Å². The van der Waals surface area contributed by atoms with Crippen molar-refractivity contribution in [2.45, 2.75) is 57.7 Å². The fraction of sp³-hybridized carbons (Fsp3) is 0.423. The minimum atomic E-state index is -0.737. The van der Waals surface area contributed by atoms with Gasteiger partial charge in [-0.15, -0.1) is 0 Å². The molecule has 7 heteroatoms. The van der Waals surface area contributed by atoms with Gasteiger partial charge in [0, 0.05) is 18.5 Å². The van der Waals surface area contributed by atoms with Crippen LogP contribution >= 0.6 is 11.8 Å². The number of nitrogens with one attached hydrogen (secondary N) is 1. The van der Waals surface area contributed by atoms with Gasteiger partial charge in [-0.2, -0.15) is 11.8 Å². The Labute approximate surface area is 200 Å². The van der Waals surface area contributed by atoms with E-state index < -0.39 is 18.0 Å². The second kappa shape index (κ2) is 10.4. The molecule has 1 heterocycles. The number of nitrogens with two attached hydrogens (primary N) is 1. The highest BCUT2D eigenvalue weighted by Crippen LogP contribution is 2.25. The monoisotopic (exact) mass is 467 g/mol. The molecule has 1 aliphatic heterocycles. The molecule has 3 amide bonds. The first-order valence-corrected chi connectivity index (χ1v) is 12.6. The largest absolute Gasteiger partial charge is 0.368 e. The minimum absolute atomic E-state index is 0.0137. The van der Waals surface area contributed by atoms with Crippen molar-refractivity contribution in [2.24, 2.45) is 5.73 Å². The molecule has 176 valence electrons. The maximum Gasteiger partial charge on any atom is 0.251 e. The summed E-state index contributed by atoms with van der Waals surface area (Å²) in [7, 11) is 0. The molecule has 0 aromatic heterocycles. The van der Waals surface area contributed by atoms with Crippen LogP contribution in [0.5, 0.6) is 0 Å². The summed E-state index contributed by atoms with van der Waals surface area (Å²) in [5.41, 5.74) is 9.31. The summed E-state index contributed by atoms with van der Waals surface area (Å²) < 4.78 is 0. The van der Waals surface area contributed by atoms with Gasteiger partial charge in [0.05, 0.1) is 0 Å². The molecule has 1 aliphatic rings. The first kappa shape index (κ1) is 24.8. The number of thioether (sulfide) groups is 1. The van der Waals surface area contributed by atoms with Gasteiger partial charge in [-0.1, -0.05) is 57.2 Å². The van der Waals surface area contributed by atoms with E-state index in [2.05, 4.69) is 26.1 Å². The van der Waals surface area contributed by atoms with Crippen molar-refractivity contribution in [2.75, 3.05) is 12.0 Å². The Bertz CT molecular complexity index is 1010. The molecule has 33 heavy (non-hydrogen) atoms. The van der Waals surface area contributed by atoms with Gasteiger partial charge in [-0.05, 0) is 52.7 Å². The fourth-order valence-corrected chi connectivity index (χ4v) is 4.54. The average Bonchev–Trinajstić information content (AvgIpc) is 2.79. The predicted molar refractivity (Wildman–Crippen MR) is 133 cm³/mol. The first-order valence-electron chi connectivity index (χ1n) is 11.2. The number of fused-ring (bicyclic) bond motifs is 1. The van der Waals surface area contributed by atoms with Crippen molar-refractivity contribution in [3.63, 3.8) is 0 Å². The molecule has 6 nitrogen and oxygen atoms in total. The zero-order chi connectivity index (χ0) is 24.2. The zero-order valence-electron chi connectivity index (χ0n) is 19.8. The van der Waals surface area contributed by atoms with Gasteiger partial charge >= 0.3 is 0 Å². The van der Waals surface area contributed by atoms with E-state index in [9.17, 15) is 14.4 Å². The molecule has 0 fully saturated rings. The molecule has 3 rings (SSSR count). The van der Waals surface area contributed by atoms with Crippen LogP contribution in [-0.2, 0) is 28.0 Å². The third-order valence-corrected chi connectivity index (χ3v) is 6.73. The van der Waals surface area contributed by atoms with Crippen LogP contribution in [0.15, 0.2) is 48.5 Å². The van der Waals surface area contributed by atoms with E-state index in [1.807, 2.05) is 42.7 Å². The van der Waals surface area contributed by atoms with Gasteiger partial charge < -0.3 is 16.0 Å². The molecule has 2 aromatic rings.